The van der Waals surface area contributed by atoms with Crippen LogP contribution in [-0.4, -0.2) is 13.1 Å². The van der Waals surface area contributed by atoms with Gasteiger partial charge in [-0.1, -0.05) is 44.4 Å². The summed E-state index contributed by atoms with van der Waals surface area (Å²) in [7, 11) is 2.14. The summed E-state index contributed by atoms with van der Waals surface area (Å²) < 4.78 is 0. The zero-order valence-corrected chi connectivity index (χ0v) is 13.7. The van der Waals surface area contributed by atoms with Gasteiger partial charge in [0.25, 0.3) is 0 Å². The quantitative estimate of drug-likeness (QED) is 0.823. The Kier molecular flexibility index (Phi) is 5.65. The maximum absolute atomic E-state index is 3.61. The topological polar surface area (TPSA) is 12.0 Å². The van der Waals surface area contributed by atoms with Gasteiger partial charge in [0.05, 0.1) is 0 Å². The zero-order chi connectivity index (χ0) is 14.5. The predicted octanol–water partition coefficient (Wildman–Crippen LogP) is 4.65. The second kappa shape index (κ2) is 7.26. The van der Waals surface area contributed by atoms with Crippen molar-refractivity contribution in [2.75, 3.05) is 7.05 Å². The molecule has 0 heterocycles. The molecule has 1 saturated carbocycles. The van der Waals surface area contributed by atoms with Crippen molar-refractivity contribution in [1.29, 1.82) is 0 Å². The molecule has 1 aliphatic rings. The third-order valence-electron chi connectivity index (χ3n) is 5.48. The Labute approximate surface area is 125 Å². The second-order valence-corrected chi connectivity index (χ2v) is 6.66. The van der Waals surface area contributed by atoms with Crippen LogP contribution in [0.5, 0.6) is 0 Å². The molecule has 1 heteroatoms. The van der Waals surface area contributed by atoms with E-state index in [1.807, 2.05) is 0 Å². The number of nitrogens with one attached hydrogen (secondary N) is 1. The molecule has 0 spiro atoms. The van der Waals surface area contributed by atoms with Gasteiger partial charge in [-0.2, -0.15) is 0 Å². The summed E-state index contributed by atoms with van der Waals surface area (Å²) in [5.41, 5.74) is 4.46. The molecule has 112 valence electrons. The van der Waals surface area contributed by atoms with Crippen molar-refractivity contribution in [2.45, 2.75) is 65.3 Å². The molecule has 1 nitrogen and oxygen atoms in total. The summed E-state index contributed by atoms with van der Waals surface area (Å²) in [6.45, 7) is 6.85. The maximum atomic E-state index is 3.61. The first kappa shape index (κ1) is 15.6. The summed E-state index contributed by atoms with van der Waals surface area (Å²) >= 11 is 0. The average molecular weight is 273 g/mol. The summed E-state index contributed by atoms with van der Waals surface area (Å²) in [6, 6.07) is 7.33. The van der Waals surface area contributed by atoms with Crippen molar-refractivity contribution >= 4 is 0 Å². The van der Waals surface area contributed by atoms with Crippen LogP contribution in [0.25, 0.3) is 0 Å². The van der Waals surface area contributed by atoms with Gasteiger partial charge in [-0.05, 0) is 68.7 Å². The van der Waals surface area contributed by atoms with Gasteiger partial charge in [0, 0.05) is 6.04 Å². The van der Waals surface area contributed by atoms with Crippen molar-refractivity contribution in [2.24, 2.45) is 11.8 Å². The molecule has 0 bridgehead atoms. The maximum Gasteiger partial charge on any atom is 0.0133 e. The highest BCUT2D eigenvalue weighted by atomic mass is 14.9. The van der Waals surface area contributed by atoms with Crippen molar-refractivity contribution in [3.63, 3.8) is 0 Å². The minimum Gasteiger partial charge on any atom is -0.316 e. The smallest absolute Gasteiger partial charge is 0.0133 e. The van der Waals surface area contributed by atoms with Crippen LogP contribution >= 0.6 is 0 Å². The molecular weight excluding hydrogens is 242 g/mol. The third kappa shape index (κ3) is 3.63. The van der Waals surface area contributed by atoms with E-state index in [1.165, 1.54) is 49.7 Å². The van der Waals surface area contributed by atoms with E-state index >= 15 is 0 Å². The lowest BCUT2D eigenvalue weighted by atomic mass is 9.76. The molecule has 0 amide bonds. The molecule has 1 N–H and O–H groups in total. The molecule has 1 atom stereocenters. The lowest BCUT2D eigenvalue weighted by Gasteiger charge is -2.34. The zero-order valence-electron chi connectivity index (χ0n) is 13.7. The van der Waals surface area contributed by atoms with Crippen LogP contribution in [0.4, 0.5) is 0 Å². The molecule has 1 unspecified atom stereocenters. The van der Waals surface area contributed by atoms with Gasteiger partial charge >= 0.3 is 0 Å². The predicted molar refractivity (Wildman–Crippen MR) is 88.2 cm³/mol. The summed E-state index contributed by atoms with van der Waals surface area (Å²) in [5, 5.41) is 3.61. The van der Waals surface area contributed by atoms with E-state index in [1.54, 1.807) is 5.56 Å². The lowest BCUT2D eigenvalue weighted by Crippen LogP contribution is -2.38. The standard InChI is InChI=1S/C19H31N/c1-5-16-9-11-17(12-10-16)19(20-4)13-18-14(2)7-6-8-15(18)3/h6-8,16-17,19-20H,5,9-13H2,1-4H3. The van der Waals surface area contributed by atoms with Crippen molar-refractivity contribution in [3.8, 4) is 0 Å². The van der Waals surface area contributed by atoms with Gasteiger partial charge in [0.15, 0.2) is 0 Å². The molecule has 0 aromatic heterocycles. The Morgan fingerprint density at radius 2 is 1.70 bits per heavy atom. The van der Waals surface area contributed by atoms with Crippen LogP contribution in [-0.2, 0) is 6.42 Å². The molecule has 0 radical (unpaired) electrons. The van der Waals surface area contributed by atoms with Crippen molar-refractivity contribution in [1.82, 2.24) is 5.32 Å². The van der Waals surface area contributed by atoms with E-state index in [9.17, 15) is 0 Å². The highest BCUT2D eigenvalue weighted by molar-refractivity contribution is 5.34. The Hall–Kier alpha value is -0.820. The Bertz CT molecular complexity index is 396. The van der Waals surface area contributed by atoms with Crippen molar-refractivity contribution in [3.05, 3.63) is 34.9 Å². The van der Waals surface area contributed by atoms with E-state index in [4.69, 9.17) is 0 Å². The Morgan fingerprint density at radius 3 is 2.20 bits per heavy atom. The first-order valence-corrected chi connectivity index (χ1v) is 8.38. The van der Waals surface area contributed by atoms with Gasteiger partial charge in [-0.15, -0.1) is 0 Å². The Morgan fingerprint density at radius 1 is 1.10 bits per heavy atom. The Balaban J connectivity index is 2.02. The summed E-state index contributed by atoms with van der Waals surface area (Å²) in [6.07, 6.45) is 8.26. The molecule has 20 heavy (non-hydrogen) atoms. The average Bonchev–Trinajstić information content (AvgIpc) is 2.47. The van der Waals surface area contributed by atoms with Crippen molar-refractivity contribution < 1.29 is 0 Å². The van der Waals surface area contributed by atoms with Crippen LogP contribution in [0.15, 0.2) is 18.2 Å². The minimum absolute atomic E-state index is 0.646. The molecular formula is C19H31N. The van der Waals surface area contributed by atoms with Gasteiger partial charge in [-0.3, -0.25) is 0 Å². The number of benzene rings is 1. The fourth-order valence-electron chi connectivity index (χ4n) is 3.89. The first-order valence-electron chi connectivity index (χ1n) is 8.38. The minimum atomic E-state index is 0.646. The van der Waals surface area contributed by atoms with Crippen LogP contribution in [0.2, 0.25) is 0 Å². The number of rotatable bonds is 5. The van der Waals surface area contributed by atoms with Crippen LogP contribution in [0.3, 0.4) is 0 Å². The lowest BCUT2D eigenvalue weighted by molar-refractivity contribution is 0.222. The van der Waals surface area contributed by atoms with E-state index in [-0.39, 0.29) is 0 Å². The van der Waals surface area contributed by atoms with E-state index in [2.05, 4.69) is 51.3 Å². The molecule has 0 saturated heterocycles. The highest BCUT2D eigenvalue weighted by Gasteiger charge is 2.26. The van der Waals surface area contributed by atoms with Crippen LogP contribution in [0.1, 0.15) is 55.7 Å². The van der Waals surface area contributed by atoms with Gasteiger partial charge in [-0.25, -0.2) is 0 Å². The van der Waals surface area contributed by atoms with Gasteiger partial charge in [0.2, 0.25) is 0 Å². The van der Waals surface area contributed by atoms with Crippen LogP contribution in [0, 0.1) is 25.7 Å². The molecule has 1 fully saturated rings. The second-order valence-electron chi connectivity index (χ2n) is 6.66. The fourth-order valence-corrected chi connectivity index (χ4v) is 3.89. The molecule has 1 aromatic carbocycles. The van der Waals surface area contributed by atoms with E-state index < -0.39 is 0 Å². The normalized spacial score (nSPS) is 24.6. The number of hydrogen-bond donors (Lipinski definition) is 1. The first-order chi connectivity index (χ1) is 9.65. The van der Waals surface area contributed by atoms with Gasteiger partial charge < -0.3 is 5.32 Å². The molecule has 0 aliphatic heterocycles. The molecule has 1 aliphatic carbocycles. The van der Waals surface area contributed by atoms with E-state index in [0.29, 0.717) is 6.04 Å². The third-order valence-corrected chi connectivity index (χ3v) is 5.48. The van der Waals surface area contributed by atoms with Gasteiger partial charge in [0.1, 0.15) is 0 Å². The summed E-state index contributed by atoms with van der Waals surface area (Å²) in [5.74, 6) is 1.85. The monoisotopic (exact) mass is 273 g/mol. The highest BCUT2D eigenvalue weighted by Crippen LogP contribution is 2.33. The SMILES string of the molecule is CCC1CCC(C(Cc2c(C)cccc2C)NC)CC1. The molecule has 1 aromatic rings. The van der Waals surface area contributed by atoms with Crippen LogP contribution < -0.4 is 5.32 Å². The van der Waals surface area contributed by atoms with E-state index in [0.717, 1.165) is 11.8 Å². The number of hydrogen-bond acceptors (Lipinski definition) is 1. The number of likely N-dealkylation sites (N-methyl/N-ethyl adjacent to an activating group) is 1. The fraction of sp³-hybridized carbons (Fsp3) is 0.684. The largest absolute Gasteiger partial charge is 0.316 e. The number of aryl methyl sites for hydroxylation is 2. The summed E-state index contributed by atoms with van der Waals surface area (Å²) in [4.78, 5) is 0. The molecule has 2 rings (SSSR count).